The fourth-order valence-electron chi connectivity index (χ4n) is 3.80. The molecule has 0 bridgehead atoms. The number of pyridine rings is 2. The highest BCUT2D eigenvalue weighted by Crippen LogP contribution is 2.34. The number of rotatable bonds is 5. The van der Waals surface area contributed by atoms with Crippen molar-refractivity contribution >= 4 is 57.2 Å². The standard InChI is InChI=1S/C28H18Cl2N4O2/c29-24-10-8-19(15-23(24)26-21-6-2-1-4-17(21)11-13-32-26)33-28(36)22-9-7-18(14-25(22)30)27(35)34-20-5-3-12-31-16-20/h1-16H,(H,33,36)(H,34,35). The van der Waals surface area contributed by atoms with E-state index in [1.165, 1.54) is 18.3 Å². The Hall–Kier alpha value is -4.26. The first-order valence-corrected chi connectivity index (χ1v) is 11.7. The van der Waals surface area contributed by atoms with Gasteiger partial charge in [-0.25, -0.2) is 0 Å². The molecule has 6 nitrogen and oxygen atoms in total. The van der Waals surface area contributed by atoms with E-state index in [0.717, 1.165) is 16.5 Å². The minimum absolute atomic E-state index is 0.149. The van der Waals surface area contributed by atoms with Crippen LogP contribution in [0.2, 0.25) is 10.0 Å². The molecular weight excluding hydrogens is 495 g/mol. The summed E-state index contributed by atoms with van der Waals surface area (Å²) in [5.74, 6) is -0.778. The molecular formula is C28H18Cl2N4O2. The number of hydrogen-bond acceptors (Lipinski definition) is 4. The summed E-state index contributed by atoms with van der Waals surface area (Å²) in [4.78, 5) is 34.0. The van der Waals surface area contributed by atoms with Gasteiger partial charge in [0.05, 0.1) is 33.2 Å². The summed E-state index contributed by atoms with van der Waals surface area (Å²) in [5, 5.41) is 8.24. The van der Waals surface area contributed by atoms with Crippen LogP contribution in [0, 0.1) is 0 Å². The molecule has 0 saturated heterocycles. The topological polar surface area (TPSA) is 84.0 Å². The summed E-state index contributed by atoms with van der Waals surface area (Å²) in [5.41, 5.74) is 3.05. The molecule has 0 fully saturated rings. The Labute approximate surface area is 216 Å². The van der Waals surface area contributed by atoms with Crippen molar-refractivity contribution in [3.63, 3.8) is 0 Å². The zero-order valence-electron chi connectivity index (χ0n) is 18.7. The average molecular weight is 513 g/mol. The van der Waals surface area contributed by atoms with Gasteiger partial charge in [-0.15, -0.1) is 0 Å². The second-order valence-electron chi connectivity index (χ2n) is 7.92. The third-order valence-corrected chi connectivity index (χ3v) is 6.19. The lowest BCUT2D eigenvalue weighted by atomic mass is 10.0. The molecule has 0 saturated carbocycles. The second-order valence-corrected chi connectivity index (χ2v) is 8.73. The quantitative estimate of drug-likeness (QED) is 0.262. The molecule has 36 heavy (non-hydrogen) atoms. The van der Waals surface area contributed by atoms with Crippen molar-refractivity contribution in [2.45, 2.75) is 0 Å². The molecule has 0 atom stereocenters. The first-order valence-electron chi connectivity index (χ1n) is 11.0. The van der Waals surface area contributed by atoms with E-state index in [2.05, 4.69) is 20.6 Å². The number of nitrogens with zero attached hydrogens (tertiary/aromatic N) is 2. The highest BCUT2D eigenvalue weighted by atomic mass is 35.5. The molecule has 2 amide bonds. The number of fused-ring (bicyclic) bond motifs is 1. The minimum Gasteiger partial charge on any atom is -0.322 e. The first kappa shape index (κ1) is 23.5. The molecule has 2 N–H and O–H groups in total. The van der Waals surface area contributed by atoms with Crippen molar-refractivity contribution in [2.75, 3.05) is 10.6 Å². The number of aromatic nitrogens is 2. The van der Waals surface area contributed by atoms with Crippen LogP contribution < -0.4 is 10.6 Å². The van der Waals surface area contributed by atoms with Gasteiger partial charge in [0.25, 0.3) is 11.8 Å². The van der Waals surface area contributed by atoms with E-state index in [1.807, 2.05) is 30.3 Å². The van der Waals surface area contributed by atoms with Gasteiger partial charge in [-0.05, 0) is 60.0 Å². The Morgan fingerprint density at radius 1 is 0.722 bits per heavy atom. The summed E-state index contributed by atoms with van der Waals surface area (Å²) in [7, 11) is 0. The zero-order valence-corrected chi connectivity index (χ0v) is 20.2. The van der Waals surface area contributed by atoms with E-state index in [-0.39, 0.29) is 16.5 Å². The molecule has 2 aromatic heterocycles. The Morgan fingerprint density at radius 3 is 2.36 bits per heavy atom. The lowest BCUT2D eigenvalue weighted by molar-refractivity contribution is 0.101. The smallest absolute Gasteiger partial charge is 0.257 e. The number of amides is 2. The van der Waals surface area contributed by atoms with Crippen molar-refractivity contribution in [1.82, 2.24) is 9.97 Å². The maximum atomic E-state index is 13.0. The summed E-state index contributed by atoms with van der Waals surface area (Å²) >= 11 is 12.9. The molecule has 0 spiro atoms. The van der Waals surface area contributed by atoms with Crippen LogP contribution >= 0.6 is 23.2 Å². The zero-order chi connectivity index (χ0) is 25.1. The molecule has 0 aliphatic heterocycles. The predicted octanol–water partition coefficient (Wildman–Crippen LogP) is 7.11. The van der Waals surface area contributed by atoms with Crippen LogP contribution in [0.25, 0.3) is 22.0 Å². The maximum Gasteiger partial charge on any atom is 0.257 e. The van der Waals surface area contributed by atoms with Crippen molar-refractivity contribution in [2.24, 2.45) is 0 Å². The monoisotopic (exact) mass is 512 g/mol. The van der Waals surface area contributed by atoms with Crippen LogP contribution in [-0.4, -0.2) is 21.8 Å². The van der Waals surface area contributed by atoms with Gasteiger partial charge in [0.15, 0.2) is 0 Å². The van der Waals surface area contributed by atoms with Gasteiger partial charge >= 0.3 is 0 Å². The van der Waals surface area contributed by atoms with Gasteiger partial charge in [-0.1, -0.05) is 47.5 Å². The summed E-state index contributed by atoms with van der Waals surface area (Å²) in [6.45, 7) is 0. The van der Waals surface area contributed by atoms with Gasteiger partial charge in [-0.2, -0.15) is 0 Å². The van der Waals surface area contributed by atoms with E-state index in [4.69, 9.17) is 23.2 Å². The van der Waals surface area contributed by atoms with Gasteiger partial charge in [0.1, 0.15) is 0 Å². The highest BCUT2D eigenvalue weighted by Gasteiger charge is 2.16. The van der Waals surface area contributed by atoms with E-state index in [9.17, 15) is 9.59 Å². The maximum absolute atomic E-state index is 13.0. The number of nitrogens with one attached hydrogen (secondary N) is 2. The van der Waals surface area contributed by atoms with E-state index >= 15 is 0 Å². The van der Waals surface area contributed by atoms with Crippen LogP contribution in [-0.2, 0) is 0 Å². The fourth-order valence-corrected chi connectivity index (χ4v) is 4.27. The third kappa shape index (κ3) is 4.91. The van der Waals surface area contributed by atoms with Crippen molar-refractivity contribution in [3.05, 3.63) is 119 Å². The Kier molecular flexibility index (Phi) is 6.62. The number of benzene rings is 3. The molecule has 8 heteroatoms. The summed E-state index contributed by atoms with van der Waals surface area (Å²) < 4.78 is 0. The number of anilines is 2. The minimum atomic E-state index is -0.418. The predicted molar refractivity (Wildman–Crippen MR) is 144 cm³/mol. The molecule has 0 unspecified atom stereocenters. The van der Waals surface area contributed by atoms with Crippen LogP contribution in [0.4, 0.5) is 11.4 Å². The Balaban J connectivity index is 1.38. The van der Waals surface area contributed by atoms with E-state index in [1.54, 1.807) is 48.8 Å². The molecule has 0 aliphatic rings. The largest absolute Gasteiger partial charge is 0.322 e. The van der Waals surface area contributed by atoms with Gasteiger partial charge in [0, 0.05) is 34.6 Å². The molecule has 3 aromatic carbocycles. The number of carbonyl (C=O) groups is 2. The lowest BCUT2D eigenvalue weighted by Crippen LogP contribution is -2.15. The number of carbonyl (C=O) groups excluding carboxylic acids is 2. The van der Waals surface area contributed by atoms with Gasteiger partial charge in [0.2, 0.25) is 0 Å². The number of halogens is 2. The van der Waals surface area contributed by atoms with Crippen molar-refractivity contribution in [3.8, 4) is 11.3 Å². The normalized spacial score (nSPS) is 10.7. The van der Waals surface area contributed by atoms with Crippen LogP contribution in [0.15, 0.2) is 97.5 Å². The van der Waals surface area contributed by atoms with Crippen LogP contribution in [0.3, 0.4) is 0 Å². The first-order chi connectivity index (χ1) is 17.5. The van der Waals surface area contributed by atoms with Gasteiger partial charge in [-0.3, -0.25) is 19.6 Å². The van der Waals surface area contributed by atoms with E-state index in [0.29, 0.717) is 27.5 Å². The average Bonchev–Trinajstić information content (AvgIpc) is 2.90. The molecule has 0 aliphatic carbocycles. The molecule has 5 aromatic rings. The highest BCUT2D eigenvalue weighted by molar-refractivity contribution is 6.35. The fraction of sp³-hybridized carbons (Fsp3) is 0. The molecule has 0 radical (unpaired) electrons. The summed E-state index contributed by atoms with van der Waals surface area (Å²) in [6.07, 6.45) is 4.88. The van der Waals surface area contributed by atoms with Crippen LogP contribution in [0.5, 0.6) is 0 Å². The Morgan fingerprint density at radius 2 is 1.56 bits per heavy atom. The van der Waals surface area contributed by atoms with Crippen molar-refractivity contribution in [1.29, 1.82) is 0 Å². The number of hydrogen-bond donors (Lipinski definition) is 2. The second kappa shape index (κ2) is 10.2. The van der Waals surface area contributed by atoms with Gasteiger partial charge < -0.3 is 10.6 Å². The molecule has 5 rings (SSSR count). The SMILES string of the molecule is O=C(Nc1cccnc1)c1ccc(C(=O)Nc2ccc(Cl)c(-c3nccc4ccccc34)c2)c(Cl)c1. The summed E-state index contributed by atoms with van der Waals surface area (Å²) in [6, 6.07) is 23.0. The third-order valence-electron chi connectivity index (χ3n) is 5.55. The molecule has 2 heterocycles. The Bertz CT molecular complexity index is 1600. The van der Waals surface area contributed by atoms with Crippen LogP contribution in [0.1, 0.15) is 20.7 Å². The van der Waals surface area contributed by atoms with Crippen molar-refractivity contribution < 1.29 is 9.59 Å². The molecule has 176 valence electrons. The van der Waals surface area contributed by atoms with E-state index < -0.39 is 5.91 Å². The lowest BCUT2D eigenvalue weighted by Gasteiger charge is -2.12.